The number of hydrogen-bond acceptors (Lipinski definition) is 5. The van der Waals surface area contributed by atoms with Crippen LogP contribution < -0.4 is 5.73 Å². The summed E-state index contributed by atoms with van der Waals surface area (Å²) in [7, 11) is 0. The Morgan fingerprint density at radius 3 is 2.85 bits per heavy atom. The molecular weight excluding hydrogens is 276 g/mol. The van der Waals surface area contributed by atoms with Gasteiger partial charge in [0.2, 0.25) is 11.7 Å². The van der Waals surface area contributed by atoms with Crippen molar-refractivity contribution in [3.63, 3.8) is 0 Å². The van der Waals surface area contributed by atoms with Gasteiger partial charge in [-0.2, -0.15) is 4.98 Å². The molecule has 2 aromatic rings. The Morgan fingerprint density at radius 2 is 2.15 bits per heavy atom. The molecule has 0 radical (unpaired) electrons. The monoisotopic (exact) mass is 292 g/mol. The molecule has 1 atom stereocenters. The molecule has 0 saturated heterocycles. The second-order valence-electron chi connectivity index (χ2n) is 5.29. The third kappa shape index (κ3) is 2.99. The molecule has 20 heavy (non-hydrogen) atoms. The van der Waals surface area contributed by atoms with Crippen molar-refractivity contribution in [3.8, 4) is 11.5 Å². The molecule has 0 spiro atoms. The molecule has 1 saturated carbocycles. The number of pyridine rings is 1. The Balaban J connectivity index is 1.68. The van der Waals surface area contributed by atoms with E-state index in [-0.39, 0.29) is 6.04 Å². The number of nitrogens with two attached hydrogens (primary N) is 1. The highest BCUT2D eigenvalue weighted by molar-refractivity contribution is 6.30. The van der Waals surface area contributed by atoms with Gasteiger partial charge in [-0.15, -0.1) is 0 Å². The molecule has 0 bridgehead atoms. The Labute approximate surface area is 122 Å². The van der Waals surface area contributed by atoms with Crippen LogP contribution in [0.25, 0.3) is 11.5 Å². The lowest BCUT2D eigenvalue weighted by Crippen LogP contribution is -2.30. The molecule has 3 rings (SSSR count). The number of aromatic nitrogens is 3. The predicted octanol–water partition coefficient (Wildman–Crippen LogP) is 2.85. The van der Waals surface area contributed by atoms with Crippen molar-refractivity contribution in [1.82, 2.24) is 15.1 Å². The number of rotatable bonds is 4. The fraction of sp³-hybridized carbons (Fsp3) is 0.500. The van der Waals surface area contributed by atoms with Crippen LogP contribution in [0.3, 0.4) is 0 Å². The first-order valence-corrected chi connectivity index (χ1v) is 7.30. The average Bonchev–Trinajstić information content (AvgIpc) is 3.10. The van der Waals surface area contributed by atoms with Gasteiger partial charge in [0.05, 0.1) is 5.02 Å². The van der Waals surface area contributed by atoms with Crippen molar-refractivity contribution in [3.05, 3.63) is 29.2 Å². The normalized spacial score (nSPS) is 17.5. The summed E-state index contributed by atoms with van der Waals surface area (Å²) in [6.45, 7) is 0. The van der Waals surface area contributed by atoms with E-state index < -0.39 is 0 Å². The van der Waals surface area contributed by atoms with Crippen LogP contribution >= 0.6 is 11.6 Å². The molecule has 1 fully saturated rings. The molecule has 2 aromatic heterocycles. The fourth-order valence-electron chi connectivity index (χ4n) is 2.70. The largest absolute Gasteiger partial charge is 0.339 e. The highest BCUT2D eigenvalue weighted by Crippen LogP contribution is 2.28. The van der Waals surface area contributed by atoms with Crippen LogP contribution in [-0.2, 0) is 6.42 Å². The molecule has 5 nitrogen and oxygen atoms in total. The van der Waals surface area contributed by atoms with Crippen molar-refractivity contribution < 1.29 is 4.52 Å². The predicted molar refractivity (Wildman–Crippen MR) is 76.2 cm³/mol. The molecule has 1 aliphatic rings. The summed E-state index contributed by atoms with van der Waals surface area (Å²) in [5.41, 5.74) is 6.87. The van der Waals surface area contributed by atoms with Crippen LogP contribution in [0.4, 0.5) is 0 Å². The Kier molecular flexibility index (Phi) is 3.98. The maximum absolute atomic E-state index is 6.22. The van der Waals surface area contributed by atoms with Gasteiger partial charge in [0, 0.05) is 18.7 Å². The minimum atomic E-state index is 0.101. The highest BCUT2D eigenvalue weighted by atomic mass is 35.5. The second-order valence-corrected chi connectivity index (χ2v) is 5.72. The Hall–Kier alpha value is -1.46. The first-order chi connectivity index (χ1) is 9.72. The van der Waals surface area contributed by atoms with E-state index in [1.807, 2.05) is 0 Å². The lowest BCUT2D eigenvalue weighted by molar-refractivity contribution is 0.341. The lowest BCUT2D eigenvalue weighted by Gasteiger charge is -2.16. The molecule has 106 valence electrons. The van der Waals surface area contributed by atoms with E-state index in [0.29, 0.717) is 34.8 Å². The zero-order valence-electron chi connectivity index (χ0n) is 11.1. The molecule has 0 aliphatic heterocycles. The summed E-state index contributed by atoms with van der Waals surface area (Å²) in [5, 5.41) is 4.53. The zero-order chi connectivity index (χ0) is 13.9. The van der Waals surface area contributed by atoms with Crippen LogP contribution in [0.1, 0.15) is 31.6 Å². The minimum Gasteiger partial charge on any atom is -0.339 e. The Morgan fingerprint density at radius 1 is 1.35 bits per heavy atom. The maximum atomic E-state index is 6.22. The molecule has 2 N–H and O–H groups in total. The van der Waals surface area contributed by atoms with Gasteiger partial charge in [-0.3, -0.25) is 4.98 Å². The van der Waals surface area contributed by atoms with Crippen LogP contribution in [0.5, 0.6) is 0 Å². The third-order valence-electron chi connectivity index (χ3n) is 3.84. The molecular formula is C14H17ClN4O. The van der Waals surface area contributed by atoms with Crippen LogP contribution in [0, 0.1) is 5.92 Å². The van der Waals surface area contributed by atoms with Crippen molar-refractivity contribution in [2.75, 3.05) is 0 Å². The first kappa shape index (κ1) is 13.5. The molecule has 2 heterocycles. The minimum absolute atomic E-state index is 0.101. The van der Waals surface area contributed by atoms with Crippen molar-refractivity contribution in [2.24, 2.45) is 11.7 Å². The fourth-order valence-corrected chi connectivity index (χ4v) is 2.82. The van der Waals surface area contributed by atoms with Gasteiger partial charge in [0.1, 0.15) is 5.69 Å². The summed E-state index contributed by atoms with van der Waals surface area (Å²) in [5.74, 6) is 1.64. The van der Waals surface area contributed by atoms with Crippen LogP contribution in [-0.4, -0.2) is 21.2 Å². The van der Waals surface area contributed by atoms with Gasteiger partial charge in [-0.05, 0) is 30.9 Å². The SMILES string of the molecule is NC(Cc1nc(-c2ccc(Cl)cn2)no1)C1CCCC1. The number of nitrogens with zero attached hydrogens (tertiary/aromatic N) is 3. The molecule has 0 amide bonds. The number of halogens is 1. The standard InChI is InChI=1S/C14H17ClN4O/c15-10-5-6-12(17-8-10)14-18-13(20-19-14)7-11(16)9-3-1-2-4-9/h5-6,8-9,11H,1-4,7,16H2. The zero-order valence-corrected chi connectivity index (χ0v) is 11.9. The summed E-state index contributed by atoms with van der Waals surface area (Å²) in [6, 6.07) is 3.63. The van der Waals surface area contributed by atoms with E-state index in [9.17, 15) is 0 Å². The van der Waals surface area contributed by atoms with E-state index in [0.717, 1.165) is 0 Å². The van der Waals surface area contributed by atoms with Crippen molar-refractivity contribution >= 4 is 11.6 Å². The van der Waals surface area contributed by atoms with Gasteiger partial charge < -0.3 is 10.3 Å². The third-order valence-corrected chi connectivity index (χ3v) is 4.06. The van der Waals surface area contributed by atoms with Gasteiger partial charge in [0.15, 0.2) is 0 Å². The van der Waals surface area contributed by atoms with E-state index in [2.05, 4.69) is 15.1 Å². The van der Waals surface area contributed by atoms with E-state index in [1.165, 1.54) is 25.7 Å². The van der Waals surface area contributed by atoms with Crippen molar-refractivity contribution in [1.29, 1.82) is 0 Å². The van der Waals surface area contributed by atoms with Gasteiger partial charge in [-0.1, -0.05) is 29.6 Å². The van der Waals surface area contributed by atoms with Crippen molar-refractivity contribution in [2.45, 2.75) is 38.1 Å². The van der Waals surface area contributed by atoms with E-state index in [4.69, 9.17) is 21.9 Å². The van der Waals surface area contributed by atoms with Crippen LogP contribution in [0.2, 0.25) is 5.02 Å². The summed E-state index contributed by atoms with van der Waals surface area (Å²) < 4.78 is 5.27. The molecule has 0 aromatic carbocycles. The average molecular weight is 293 g/mol. The van der Waals surface area contributed by atoms with Gasteiger partial charge >= 0.3 is 0 Å². The van der Waals surface area contributed by atoms with Gasteiger partial charge in [0.25, 0.3) is 0 Å². The second kappa shape index (κ2) is 5.89. The topological polar surface area (TPSA) is 77.8 Å². The highest BCUT2D eigenvalue weighted by Gasteiger charge is 2.24. The van der Waals surface area contributed by atoms with E-state index >= 15 is 0 Å². The molecule has 6 heteroatoms. The van der Waals surface area contributed by atoms with Crippen LogP contribution in [0.15, 0.2) is 22.9 Å². The summed E-state index contributed by atoms with van der Waals surface area (Å²) in [4.78, 5) is 8.53. The Bertz CT molecular complexity index is 563. The quantitative estimate of drug-likeness (QED) is 0.937. The van der Waals surface area contributed by atoms with Gasteiger partial charge in [-0.25, -0.2) is 0 Å². The van der Waals surface area contributed by atoms with E-state index in [1.54, 1.807) is 18.3 Å². The maximum Gasteiger partial charge on any atom is 0.228 e. The smallest absolute Gasteiger partial charge is 0.228 e. The lowest BCUT2D eigenvalue weighted by atomic mass is 9.96. The molecule has 1 unspecified atom stereocenters. The first-order valence-electron chi connectivity index (χ1n) is 6.92. The number of hydrogen-bond donors (Lipinski definition) is 1. The summed E-state index contributed by atoms with van der Waals surface area (Å²) >= 11 is 5.80. The molecule has 1 aliphatic carbocycles. The summed E-state index contributed by atoms with van der Waals surface area (Å²) in [6.07, 6.45) is 7.18.